The Labute approximate surface area is 83.9 Å². The predicted molar refractivity (Wildman–Crippen MR) is 56.5 cm³/mol. The van der Waals surface area contributed by atoms with E-state index in [4.69, 9.17) is 0 Å². The van der Waals surface area contributed by atoms with E-state index in [1.807, 2.05) is 26.0 Å². The third-order valence-corrected chi connectivity index (χ3v) is 1.56. The van der Waals surface area contributed by atoms with Gasteiger partial charge in [0.2, 0.25) is 5.91 Å². The van der Waals surface area contributed by atoms with Crippen molar-refractivity contribution in [2.75, 3.05) is 0 Å². The zero-order valence-corrected chi connectivity index (χ0v) is 8.40. The number of amides is 1. The van der Waals surface area contributed by atoms with Crippen LogP contribution in [0.1, 0.15) is 19.4 Å². The summed E-state index contributed by atoms with van der Waals surface area (Å²) in [5, 5.41) is 2.77. The van der Waals surface area contributed by atoms with Crippen molar-refractivity contribution in [2.24, 2.45) is 0 Å². The van der Waals surface area contributed by atoms with Crippen LogP contribution in [0.4, 0.5) is 0 Å². The van der Waals surface area contributed by atoms with Crippen molar-refractivity contribution in [2.45, 2.75) is 19.9 Å². The van der Waals surface area contributed by atoms with E-state index in [0.717, 1.165) is 5.56 Å². The minimum absolute atomic E-state index is 0.0724. The molecule has 1 heterocycles. The maximum absolute atomic E-state index is 11.2. The molecule has 0 aliphatic heterocycles. The van der Waals surface area contributed by atoms with Gasteiger partial charge in [-0.25, -0.2) is 0 Å². The van der Waals surface area contributed by atoms with E-state index >= 15 is 0 Å². The number of rotatable bonds is 3. The molecular weight excluding hydrogens is 176 g/mol. The van der Waals surface area contributed by atoms with Gasteiger partial charge in [-0.05, 0) is 37.6 Å². The summed E-state index contributed by atoms with van der Waals surface area (Å²) in [7, 11) is 0. The van der Waals surface area contributed by atoms with Crippen LogP contribution in [0.3, 0.4) is 0 Å². The van der Waals surface area contributed by atoms with Gasteiger partial charge >= 0.3 is 0 Å². The van der Waals surface area contributed by atoms with E-state index in [2.05, 4.69) is 10.3 Å². The lowest BCUT2D eigenvalue weighted by Crippen LogP contribution is -2.28. The van der Waals surface area contributed by atoms with Gasteiger partial charge in [0.1, 0.15) is 0 Å². The first-order chi connectivity index (χ1) is 6.68. The smallest absolute Gasteiger partial charge is 0.244 e. The van der Waals surface area contributed by atoms with Gasteiger partial charge in [0.15, 0.2) is 0 Å². The Bertz CT molecular complexity index is 317. The van der Waals surface area contributed by atoms with Crippen molar-refractivity contribution in [1.82, 2.24) is 10.3 Å². The highest BCUT2D eigenvalue weighted by Gasteiger charge is 1.96. The zero-order chi connectivity index (χ0) is 10.4. The normalized spacial score (nSPS) is 10.8. The zero-order valence-electron chi connectivity index (χ0n) is 8.40. The summed E-state index contributed by atoms with van der Waals surface area (Å²) in [6, 6.07) is 3.86. The van der Waals surface area contributed by atoms with Crippen molar-refractivity contribution >= 4 is 12.0 Å². The van der Waals surface area contributed by atoms with Crippen LogP contribution < -0.4 is 5.32 Å². The molecule has 1 aromatic rings. The maximum Gasteiger partial charge on any atom is 0.244 e. The van der Waals surface area contributed by atoms with Gasteiger partial charge in [0.05, 0.1) is 0 Å². The van der Waals surface area contributed by atoms with Gasteiger partial charge in [-0.1, -0.05) is 0 Å². The fourth-order valence-corrected chi connectivity index (χ4v) is 0.979. The van der Waals surface area contributed by atoms with Crippen LogP contribution in [-0.2, 0) is 4.79 Å². The fraction of sp³-hybridized carbons (Fsp3) is 0.273. The van der Waals surface area contributed by atoms with Crippen LogP contribution >= 0.6 is 0 Å². The molecule has 1 aromatic heterocycles. The van der Waals surface area contributed by atoms with Gasteiger partial charge in [0, 0.05) is 24.5 Å². The highest BCUT2D eigenvalue weighted by atomic mass is 16.1. The first kappa shape index (κ1) is 10.4. The van der Waals surface area contributed by atoms with Crippen LogP contribution in [0, 0.1) is 0 Å². The van der Waals surface area contributed by atoms with E-state index in [0.29, 0.717) is 0 Å². The van der Waals surface area contributed by atoms with Gasteiger partial charge in [-0.15, -0.1) is 0 Å². The van der Waals surface area contributed by atoms with Crippen LogP contribution in [0.5, 0.6) is 0 Å². The molecule has 0 bridgehead atoms. The molecule has 0 aliphatic rings. The third-order valence-electron chi connectivity index (χ3n) is 1.56. The highest BCUT2D eigenvalue weighted by Crippen LogP contribution is 1.98. The van der Waals surface area contributed by atoms with Crippen molar-refractivity contribution in [1.29, 1.82) is 0 Å². The van der Waals surface area contributed by atoms with E-state index in [1.165, 1.54) is 6.08 Å². The van der Waals surface area contributed by atoms with Crippen molar-refractivity contribution in [3.8, 4) is 0 Å². The third kappa shape index (κ3) is 3.85. The Kier molecular flexibility index (Phi) is 3.85. The van der Waals surface area contributed by atoms with Crippen molar-refractivity contribution in [3.05, 3.63) is 36.2 Å². The molecule has 0 atom stereocenters. The molecule has 3 nitrogen and oxygen atoms in total. The average molecular weight is 190 g/mol. The molecule has 0 aromatic carbocycles. The number of pyridine rings is 1. The molecule has 0 saturated carbocycles. The van der Waals surface area contributed by atoms with E-state index < -0.39 is 0 Å². The van der Waals surface area contributed by atoms with Crippen LogP contribution in [0.15, 0.2) is 30.6 Å². The number of nitrogens with zero attached hydrogens (tertiary/aromatic N) is 1. The average Bonchev–Trinajstić information content (AvgIpc) is 2.15. The van der Waals surface area contributed by atoms with E-state index in [-0.39, 0.29) is 11.9 Å². The molecule has 0 radical (unpaired) electrons. The number of nitrogens with one attached hydrogen (secondary N) is 1. The number of aromatic nitrogens is 1. The Morgan fingerprint density at radius 3 is 2.64 bits per heavy atom. The first-order valence-electron chi connectivity index (χ1n) is 4.57. The SMILES string of the molecule is CC(C)NC(=O)/C=C/c1ccncc1. The maximum atomic E-state index is 11.2. The van der Waals surface area contributed by atoms with Crippen LogP contribution in [0.25, 0.3) is 6.08 Å². The second-order valence-corrected chi connectivity index (χ2v) is 3.28. The van der Waals surface area contributed by atoms with E-state index in [1.54, 1.807) is 18.5 Å². The first-order valence-corrected chi connectivity index (χ1v) is 4.57. The summed E-state index contributed by atoms with van der Waals surface area (Å²) in [5.41, 5.74) is 0.971. The quantitative estimate of drug-likeness (QED) is 0.736. The molecule has 3 heteroatoms. The summed E-state index contributed by atoms with van der Waals surface area (Å²) >= 11 is 0. The molecule has 74 valence electrons. The minimum atomic E-state index is -0.0724. The number of carbonyl (C=O) groups excluding carboxylic acids is 1. The lowest BCUT2D eigenvalue weighted by atomic mass is 10.2. The van der Waals surface area contributed by atoms with Gasteiger partial charge in [0.25, 0.3) is 0 Å². The lowest BCUT2D eigenvalue weighted by Gasteiger charge is -2.03. The minimum Gasteiger partial charge on any atom is -0.350 e. The second kappa shape index (κ2) is 5.17. The number of carbonyl (C=O) groups is 1. The number of hydrogen-bond donors (Lipinski definition) is 1. The Balaban J connectivity index is 2.52. The second-order valence-electron chi connectivity index (χ2n) is 3.28. The topological polar surface area (TPSA) is 42.0 Å². The monoisotopic (exact) mass is 190 g/mol. The van der Waals surface area contributed by atoms with Crippen molar-refractivity contribution in [3.63, 3.8) is 0 Å². The summed E-state index contributed by atoms with van der Waals surface area (Å²) in [6.07, 6.45) is 6.68. The largest absolute Gasteiger partial charge is 0.350 e. The molecule has 0 fully saturated rings. The Hall–Kier alpha value is -1.64. The molecule has 1 rings (SSSR count). The highest BCUT2D eigenvalue weighted by molar-refractivity contribution is 5.91. The molecule has 0 saturated heterocycles. The molecule has 0 unspecified atom stereocenters. The van der Waals surface area contributed by atoms with Crippen LogP contribution in [0.2, 0.25) is 0 Å². The number of hydrogen-bond acceptors (Lipinski definition) is 2. The standard InChI is InChI=1S/C11H14N2O/c1-9(2)13-11(14)4-3-10-5-7-12-8-6-10/h3-9H,1-2H3,(H,13,14)/b4-3+. The summed E-state index contributed by atoms with van der Waals surface area (Å²) in [4.78, 5) is 15.1. The molecule has 1 N–H and O–H groups in total. The molecule has 14 heavy (non-hydrogen) atoms. The van der Waals surface area contributed by atoms with Gasteiger partial charge < -0.3 is 5.32 Å². The Morgan fingerprint density at radius 1 is 1.43 bits per heavy atom. The van der Waals surface area contributed by atoms with Crippen molar-refractivity contribution < 1.29 is 4.79 Å². The van der Waals surface area contributed by atoms with Crippen LogP contribution in [-0.4, -0.2) is 16.9 Å². The van der Waals surface area contributed by atoms with Gasteiger partial charge in [-0.3, -0.25) is 9.78 Å². The van der Waals surface area contributed by atoms with E-state index in [9.17, 15) is 4.79 Å². The lowest BCUT2D eigenvalue weighted by molar-refractivity contribution is -0.116. The summed E-state index contributed by atoms with van der Waals surface area (Å²) in [5.74, 6) is -0.0724. The predicted octanol–water partition coefficient (Wildman–Crippen LogP) is 1.62. The molecular formula is C11H14N2O. The fourth-order valence-electron chi connectivity index (χ4n) is 0.979. The van der Waals surface area contributed by atoms with Gasteiger partial charge in [-0.2, -0.15) is 0 Å². The molecule has 1 amide bonds. The Morgan fingerprint density at radius 2 is 2.07 bits per heavy atom. The molecule has 0 aliphatic carbocycles. The molecule has 0 spiro atoms. The summed E-state index contributed by atoms with van der Waals surface area (Å²) in [6.45, 7) is 3.86. The summed E-state index contributed by atoms with van der Waals surface area (Å²) < 4.78 is 0.